The highest BCUT2D eigenvalue weighted by Crippen LogP contribution is 2.45. The zero-order chi connectivity index (χ0) is 16.8. The topological polar surface area (TPSA) is 80.4 Å². The number of para-hydroxylation sites is 1. The van der Waals surface area contributed by atoms with Crippen LogP contribution < -0.4 is 0 Å². The minimum Gasteiger partial charge on any atom is -0.506 e. The lowest BCUT2D eigenvalue weighted by molar-refractivity contribution is 0.0905. The van der Waals surface area contributed by atoms with Crippen LogP contribution in [-0.2, 0) is 11.3 Å². The van der Waals surface area contributed by atoms with Crippen molar-refractivity contribution in [2.45, 2.75) is 26.6 Å². The highest BCUT2D eigenvalue weighted by atomic mass is 35.5. The second kappa shape index (κ2) is 6.38. The highest BCUT2D eigenvalue weighted by Gasteiger charge is 2.34. The molecule has 4 rings (SSSR count). The Morgan fingerprint density at radius 1 is 1.08 bits per heavy atom. The van der Waals surface area contributed by atoms with Gasteiger partial charge in [0.1, 0.15) is 11.9 Å². The standard InChI is InChI=1S/C18H17N3O3.ClH/c1-10-14(18(23)21(20-10)13-6-4-3-5-7-13)17-15-12(9-24-17)8-19-11(2)16(15)22;/h3-8,17,22-23H,9H2,1-2H3;1H. The number of hydrogen-bond donors (Lipinski definition) is 2. The lowest BCUT2D eigenvalue weighted by atomic mass is 9.99. The minimum absolute atomic E-state index is 0. The lowest BCUT2D eigenvalue weighted by Gasteiger charge is -2.13. The number of aryl methyl sites for hydroxylation is 2. The molecule has 2 aromatic heterocycles. The molecule has 1 aliphatic heterocycles. The first kappa shape index (κ1) is 17.3. The van der Waals surface area contributed by atoms with Gasteiger partial charge in [0.2, 0.25) is 5.88 Å². The molecule has 6 nitrogen and oxygen atoms in total. The van der Waals surface area contributed by atoms with E-state index in [-0.39, 0.29) is 24.0 Å². The molecule has 1 aliphatic rings. The van der Waals surface area contributed by atoms with Gasteiger partial charge in [0.15, 0.2) is 0 Å². The van der Waals surface area contributed by atoms with Gasteiger partial charge in [0.05, 0.1) is 29.2 Å². The molecule has 0 saturated carbocycles. The van der Waals surface area contributed by atoms with E-state index in [1.165, 1.54) is 4.68 Å². The molecule has 25 heavy (non-hydrogen) atoms. The fourth-order valence-corrected chi connectivity index (χ4v) is 3.13. The number of halogens is 1. The third kappa shape index (κ3) is 2.63. The van der Waals surface area contributed by atoms with Crippen LogP contribution in [0.3, 0.4) is 0 Å². The second-order valence-corrected chi connectivity index (χ2v) is 5.89. The van der Waals surface area contributed by atoms with E-state index in [0.717, 1.165) is 11.3 Å². The number of nitrogens with zero attached hydrogens (tertiary/aromatic N) is 3. The van der Waals surface area contributed by atoms with Gasteiger partial charge in [-0.3, -0.25) is 4.98 Å². The Hall–Kier alpha value is -2.57. The van der Waals surface area contributed by atoms with Crippen LogP contribution in [0, 0.1) is 13.8 Å². The Balaban J connectivity index is 0.00000182. The first-order chi connectivity index (χ1) is 11.6. The molecule has 0 spiro atoms. The number of aromatic hydroxyl groups is 2. The Morgan fingerprint density at radius 2 is 1.80 bits per heavy atom. The molecule has 2 N–H and O–H groups in total. The quantitative estimate of drug-likeness (QED) is 0.733. The van der Waals surface area contributed by atoms with Crippen LogP contribution in [0.15, 0.2) is 36.5 Å². The van der Waals surface area contributed by atoms with Crippen molar-refractivity contribution in [1.29, 1.82) is 0 Å². The van der Waals surface area contributed by atoms with Crippen molar-refractivity contribution >= 4 is 12.4 Å². The summed E-state index contributed by atoms with van der Waals surface area (Å²) >= 11 is 0. The summed E-state index contributed by atoms with van der Waals surface area (Å²) < 4.78 is 7.33. The number of rotatable bonds is 2. The van der Waals surface area contributed by atoms with Crippen molar-refractivity contribution in [3.63, 3.8) is 0 Å². The van der Waals surface area contributed by atoms with Crippen molar-refractivity contribution in [2.75, 3.05) is 0 Å². The van der Waals surface area contributed by atoms with Gasteiger partial charge < -0.3 is 14.9 Å². The van der Waals surface area contributed by atoms with Crippen LogP contribution in [0.1, 0.15) is 34.2 Å². The summed E-state index contributed by atoms with van der Waals surface area (Å²) in [5, 5.41) is 25.6. The molecule has 3 heterocycles. The molecular formula is C18H18ClN3O3. The normalized spacial score (nSPS) is 15.7. The summed E-state index contributed by atoms with van der Waals surface area (Å²) in [4.78, 5) is 4.16. The number of fused-ring (bicyclic) bond motifs is 1. The van der Waals surface area contributed by atoms with Gasteiger partial charge in [-0.05, 0) is 26.0 Å². The smallest absolute Gasteiger partial charge is 0.220 e. The van der Waals surface area contributed by atoms with Gasteiger partial charge in [-0.15, -0.1) is 12.4 Å². The van der Waals surface area contributed by atoms with Crippen LogP contribution in [-0.4, -0.2) is 25.0 Å². The summed E-state index contributed by atoms with van der Waals surface area (Å²) in [5.74, 6) is 0.131. The molecule has 0 fully saturated rings. The van der Waals surface area contributed by atoms with Gasteiger partial charge in [-0.25, -0.2) is 4.68 Å². The number of ether oxygens (including phenoxy) is 1. The van der Waals surface area contributed by atoms with Crippen LogP contribution in [0.2, 0.25) is 0 Å². The molecule has 3 aromatic rings. The lowest BCUT2D eigenvalue weighted by Crippen LogP contribution is -2.02. The van der Waals surface area contributed by atoms with Crippen molar-refractivity contribution in [3.05, 3.63) is 64.6 Å². The highest BCUT2D eigenvalue weighted by molar-refractivity contribution is 5.85. The van der Waals surface area contributed by atoms with E-state index >= 15 is 0 Å². The average molecular weight is 360 g/mol. The molecule has 0 amide bonds. The molecule has 1 unspecified atom stereocenters. The average Bonchev–Trinajstić information content (AvgIpc) is 3.13. The zero-order valence-corrected chi connectivity index (χ0v) is 14.6. The van der Waals surface area contributed by atoms with Crippen molar-refractivity contribution in [3.8, 4) is 17.3 Å². The van der Waals surface area contributed by atoms with Crippen molar-refractivity contribution in [2.24, 2.45) is 0 Å². The fraction of sp³-hybridized carbons (Fsp3) is 0.222. The van der Waals surface area contributed by atoms with Crippen molar-refractivity contribution < 1.29 is 14.9 Å². The molecule has 7 heteroatoms. The van der Waals surface area contributed by atoms with E-state index in [4.69, 9.17) is 4.74 Å². The van der Waals surface area contributed by atoms with E-state index in [1.54, 1.807) is 13.1 Å². The van der Waals surface area contributed by atoms with Crippen LogP contribution >= 0.6 is 12.4 Å². The maximum Gasteiger partial charge on any atom is 0.220 e. The zero-order valence-electron chi connectivity index (χ0n) is 13.8. The molecular weight excluding hydrogens is 342 g/mol. The Labute approximate surface area is 151 Å². The van der Waals surface area contributed by atoms with Gasteiger partial charge in [-0.2, -0.15) is 5.10 Å². The Bertz CT molecular complexity index is 925. The number of hydrogen-bond acceptors (Lipinski definition) is 5. The molecule has 0 radical (unpaired) electrons. The molecule has 130 valence electrons. The Morgan fingerprint density at radius 3 is 2.52 bits per heavy atom. The predicted molar refractivity (Wildman–Crippen MR) is 94.5 cm³/mol. The van der Waals surface area contributed by atoms with E-state index in [2.05, 4.69) is 10.1 Å². The Kier molecular flexibility index (Phi) is 4.41. The van der Waals surface area contributed by atoms with Gasteiger partial charge in [0, 0.05) is 17.3 Å². The molecule has 0 bridgehead atoms. The van der Waals surface area contributed by atoms with Gasteiger partial charge >= 0.3 is 0 Å². The minimum atomic E-state index is -0.556. The maximum absolute atomic E-state index is 10.7. The summed E-state index contributed by atoms with van der Waals surface area (Å²) in [7, 11) is 0. The van der Waals surface area contributed by atoms with E-state index < -0.39 is 6.10 Å². The summed E-state index contributed by atoms with van der Waals surface area (Å²) in [6.45, 7) is 3.91. The van der Waals surface area contributed by atoms with Gasteiger partial charge in [-0.1, -0.05) is 18.2 Å². The van der Waals surface area contributed by atoms with Crippen LogP contribution in [0.25, 0.3) is 5.69 Å². The van der Waals surface area contributed by atoms with E-state index in [9.17, 15) is 10.2 Å². The number of aromatic nitrogens is 3. The number of benzene rings is 1. The summed E-state index contributed by atoms with van der Waals surface area (Å²) in [5.41, 5.74) is 4.01. The SMILES string of the molecule is Cc1ncc2c(c1O)C(c1c(C)nn(-c3ccccc3)c1O)OC2.Cl. The molecule has 1 atom stereocenters. The van der Waals surface area contributed by atoms with Crippen molar-refractivity contribution in [1.82, 2.24) is 14.8 Å². The van der Waals surface area contributed by atoms with E-state index in [0.29, 0.717) is 29.1 Å². The predicted octanol–water partition coefficient (Wildman–Crippen LogP) is 3.34. The fourth-order valence-electron chi connectivity index (χ4n) is 3.13. The molecule has 0 saturated heterocycles. The first-order valence-electron chi connectivity index (χ1n) is 7.70. The molecule has 1 aromatic carbocycles. The number of pyridine rings is 1. The third-order valence-corrected chi connectivity index (χ3v) is 4.37. The first-order valence-corrected chi connectivity index (χ1v) is 7.70. The largest absolute Gasteiger partial charge is 0.506 e. The maximum atomic E-state index is 10.7. The van der Waals surface area contributed by atoms with Crippen LogP contribution in [0.5, 0.6) is 11.6 Å². The van der Waals surface area contributed by atoms with Crippen LogP contribution in [0.4, 0.5) is 0 Å². The van der Waals surface area contributed by atoms with Gasteiger partial charge in [0.25, 0.3) is 0 Å². The molecule has 0 aliphatic carbocycles. The summed E-state index contributed by atoms with van der Waals surface area (Å²) in [6.07, 6.45) is 1.15. The summed E-state index contributed by atoms with van der Waals surface area (Å²) in [6, 6.07) is 9.40. The monoisotopic (exact) mass is 359 g/mol. The second-order valence-electron chi connectivity index (χ2n) is 5.89. The van der Waals surface area contributed by atoms with E-state index in [1.807, 2.05) is 37.3 Å². The third-order valence-electron chi connectivity index (χ3n) is 4.37.